The number of nitrogens with one attached hydrogen (secondary N) is 1. The number of pyridine rings is 1. The Morgan fingerprint density at radius 2 is 1.90 bits per heavy atom. The van der Waals surface area contributed by atoms with Gasteiger partial charge in [0.05, 0.1) is 5.69 Å². The number of nitrogens with zero attached hydrogens (tertiary/aromatic N) is 2. The first-order valence-corrected chi connectivity index (χ1v) is 6.88. The molecule has 0 spiro atoms. The van der Waals surface area contributed by atoms with Crippen LogP contribution in [0.5, 0.6) is 0 Å². The molecule has 1 aromatic carbocycles. The summed E-state index contributed by atoms with van der Waals surface area (Å²) in [6, 6.07) is 11.7. The van der Waals surface area contributed by atoms with E-state index in [1.54, 1.807) is 0 Å². The van der Waals surface area contributed by atoms with Gasteiger partial charge in [0.25, 0.3) is 5.91 Å². The van der Waals surface area contributed by atoms with E-state index in [2.05, 4.69) is 10.3 Å². The quantitative estimate of drug-likeness (QED) is 0.780. The second-order valence-corrected chi connectivity index (χ2v) is 5.25. The van der Waals surface area contributed by atoms with Gasteiger partial charge in [-0.1, -0.05) is 18.2 Å². The summed E-state index contributed by atoms with van der Waals surface area (Å²) in [5.74, 6) is -0.141. The third-order valence-electron chi connectivity index (χ3n) is 3.56. The van der Waals surface area contributed by atoms with E-state index in [4.69, 9.17) is 0 Å². The van der Waals surface area contributed by atoms with E-state index >= 15 is 0 Å². The molecule has 4 heteroatoms. The number of aromatic nitrogens is 2. The maximum absolute atomic E-state index is 12.6. The van der Waals surface area contributed by atoms with Crippen LogP contribution in [0.1, 0.15) is 27.3 Å². The molecule has 3 aromatic rings. The molecule has 0 aliphatic heterocycles. The number of anilines is 1. The van der Waals surface area contributed by atoms with Gasteiger partial charge in [-0.3, -0.25) is 9.20 Å². The van der Waals surface area contributed by atoms with E-state index in [-0.39, 0.29) is 5.91 Å². The number of hydrogen-bond donors (Lipinski definition) is 1. The lowest BCUT2D eigenvalue weighted by Gasteiger charge is -2.08. The first kappa shape index (κ1) is 13.4. The van der Waals surface area contributed by atoms with Crippen LogP contribution < -0.4 is 5.32 Å². The Morgan fingerprint density at radius 3 is 2.67 bits per heavy atom. The highest BCUT2D eigenvalue weighted by molar-refractivity contribution is 6.04. The van der Waals surface area contributed by atoms with Crippen LogP contribution in [0.2, 0.25) is 0 Å². The minimum absolute atomic E-state index is 0.141. The van der Waals surface area contributed by atoms with Gasteiger partial charge in [0.2, 0.25) is 0 Å². The van der Waals surface area contributed by atoms with Crippen molar-refractivity contribution in [2.45, 2.75) is 20.8 Å². The lowest BCUT2D eigenvalue weighted by Crippen LogP contribution is -2.16. The Hall–Kier alpha value is -2.62. The van der Waals surface area contributed by atoms with Gasteiger partial charge in [0.15, 0.2) is 0 Å². The molecule has 4 nitrogen and oxygen atoms in total. The van der Waals surface area contributed by atoms with Crippen LogP contribution in [0.3, 0.4) is 0 Å². The Balaban J connectivity index is 2.02. The summed E-state index contributed by atoms with van der Waals surface area (Å²) in [5.41, 5.74) is 5.08. The SMILES string of the molecule is Cc1ccn2c(C(=O)Nc3ccccc3C)c(C)nc2c1. The molecule has 1 amide bonds. The van der Waals surface area contributed by atoms with Crippen LogP contribution in [-0.4, -0.2) is 15.3 Å². The zero-order valence-corrected chi connectivity index (χ0v) is 12.3. The lowest BCUT2D eigenvalue weighted by atomic mass is 10.2. The van der Waals surface area contributed by atoms with Crippen molar-refractivity contribution < 1.29 is 4.79 Å². The third kappa shape index (κ3) is 2.40. The zero-order chi connectivity index (χ0) is 15.0. The largest absolute Gasteiger partial charge is 0.320 e. The minimum atomic E-state index is -0.141. The van der Waals surface area contributed by atoms with Crippen molar-refractivity contribution in [2.75, 3.05) is 5.32 Å². The smallest absolute Gasteiger partial charge is 0.274 e. The number of benzene rings is 1. The van der Waals surface area contributed by atoms with Crippen molar-refractivity contribution in [1.29, 1.82) is 0 Å². The summed E-state index contributed by atoms with van der Waals surface area (Å²) in [4.78, 5) is 17.0. The van der Waals surface area contributed by atoms with Gasteiger partial charge < -0.3 is 5.32 Å². The van der Waals surface area contributed by atoms with E-state index in [1.807, 2.05) is 67.8 Å². The van der Waals surface area contributed by atoms with Gasteiger partial charge in [0, 0.05) is 11.9 Å². The molecule has 0 fully saturated rings. The van der Waals surface area contributed by atoms with Crippen LogP contribution in [0.15, 0.2) is 42.6 Å². The van der Waals surface area contributed by atoms with Crippen molar-refractivity contribution in [2.24, 2.45) is 0 Å². The normalized spacial score (nSPS) is 10.8. The number of carbonyl (C=O) groups excluding carboxylic acids is 1. The first-order valence-electron chi connectivity index (χ1n) is 6.88. The average molecular weight is 279 g/mol. The van der Waals surface area contributed by atoms with Crippen molar-refractivity contribution in [1.82, 2.24) is 9.38 Å². The molecule has 0 aliphatic carbocycles. The number of rotatable bonds is 2. The summed E-state index contributed by atoms with van der Waals surface area (Å²) in [6.07, 6.45) is 1.89. The van der Waals surface area contributed by atoms with Crippen LogP contribution in [-0.2, 0) is 0 Å². The molecule has 106 valence electrons. The summed E-state index contributed by atoms with van der Waals surface area (Å²) in [6.45, 7) is 5.84. The molecule has 0 aliphatic rings. The molecule has 0 radical (unpaired) electrons. The molecule has 0 bridgehead atoms. The summed E-state index contributed by atoms with van der Waals surface area (Å²) >= 11 is 0. The van der Waals surface area contributed by atoms with Gasteiger partial charge in [-0.25, -0.2) is 4.98 Å². The van der Waals surface area contributed by atoms with Crippen molar-refractivity contribution >= 4 is 17.2 Å². The topological polar surface area (TPSA) is 46.4 Å². The Kier molecular flexibility index (Phi) is 3.22. The Morgan fingerprint density at radius 1 is 1.14 bits per heavy atom. The molecule has 0 saturated carbocycles. The van der Waals surface area contributed by atoms with E-state index in [9.17, 15) is 4.79 Å². The number of imidazole rings is 1. The van der Waals surface area contributed by atoms with Gasteiger partial charge in [-0.05, 0) is 50.1 Å². The molecule has 3 rings (SSSR count). The fourth-order valence-electron chi connectivity index (χ4n) is 2.43. The highest BCUT2D eigenvalue weighted by atomic mass is 16.2. The molecule has 0 unspecified atom stereocenters. The summed E-state index contributed by atoms with van der Waals surface area (Å²) < 4.78 is 1.83. The first-order chi connectivity index (χ1) is 10.1. The predicted molar refractivity (Wildman–Crippen MR) is 83.8 cm³/mol. The highest BCUT2D eigenvalue weighted by Gasteiger charge is 2.17. The monoisotopic (exact) mass is 279 g/mol. The second kappa shape index (κ2) is 5.05. The number of para-hydroxylation sites is 1. The number of fused-ring (bicyclic) bond motifs is 1. The van der Waals surface area contributed by atoms with Crippen LogP contribution in [0, 0.1) is 20.8 Å². The Labute approximate surface area is 123 Å². The van der Waals surface area contributed by atoms with Crippen LogP contribution >= 0.6 is 0 Å². The fourth-order valence-corrected chi connectivity index (χ4v) is 2.43. The summed E-state index contributed by atoms with van der Waals surface area (Å²) in [5, 5.41) is 2.96. The van der Waals surface area contributed by atoms with Crippen LogP contribution in [0.4, 0.5) is 5.69 Å². The number of amides is 1. The van der Waals surface area contributed by atoms with Gasteiger partial charge in [0.1, 0.15) is 11.3 Å². The van der Waals surface area contributed by atoms with Gasteiger partial charge in [-0.15, -0.1) is 0 Å². The minimum Gasteiger partial charge on any atom is -0.320 e. The molecule has 2 aromatic heterocycles. The third-order valence-corrected chi connectivity index (χ3v) is 3.56. The second-order valence-electron chi connectivity index (χ2n) is 5.25. The molecule has 21 heavy (non-hydrogen) atoms. The maximum Gasteiger partial charge on any atom is 0.274 e. The molecule has 1 N–H and O–H groups in total. The van der Waals surface area contributed by atoms with Gasteiger partial charge >= 0.3 is 0 Å². The molecule has 0 atom stereocenters. The maximum atomic E-state index is 12.6. The molecular formula is C17H17N3O. The van der Waals surface area contributed by atoms with Crippen molar-refractivity contribution in [3.63, 3.8) is 0 Å². The van der Waals surface area contributed by atoms with E-state index in [1.165, 1.54) is 0 Å². The van der Waals surface area contributed by atoms with Crippen molar-refractivity contribution in [3.8, 4) is 0 Å². The standard InChI is InChI=1S/C17H17N3O/c1-11-8-9-20-15(10-11)18-13(3)16(20)17(21)19-14-7-5-4-6-12(14)2/h4-10H,1-3H3,(H,19,21). The Bertz CT molecular complexity index is 833. The van der Waals surface area contributed by atoms with Crippen molar-refractivity contribution in [3.05, 3.63) is 65.1 Å². The zero-order valence-electron chi connectivity index (χ0n) is 12.3. The summed E-state index contributed by atoms with van der Waals surface area (Å²) in [7, 11) is 0. The number of aryl methyl sites for hydroxylation is 3. The highest BCUT2D eigenvalue weighted by Crippen LogP contribution is 2.18. The van der Waals surface area contributed by atoms with E-state index in [0.29, 0.717) is 5.69 Å². The van der Waals surface area contributed by atoms with E-state index in [0.717, 1.165) is 28.2 Å². The van der Waals surface area contributed by atoms with Gasteiger partial charge in [-0.2, -0.15) is 0 Å². The number of hydrogen-bond acceptors (Lipinski definition) is 2. The average Bonchev–Trinajstić information content (AvgIpc) is 2.76. The molecule has 0 saturated heterocycles. The number of carbonyl (C=O) groups is 1. The fraction of sp³-hybridized carbons (Fsp3) is 0.176. The predicted octanol–water partition coefficient (Wildman–Crippen LogP) is 3.51. The van der Waals surface area contributed by atoms with E-state index < -0.39 is 0 Å². The molecule has 2 heterocycles. The van der Waals surface area contributed by atoms with Crippen LogP contribution in [0.25, 0.3) is 5.65 Å². The molecular weight excluding hydrogens is 262 g/mol. The lowest BCUT2D eigenvalue weighted by molar-refractivity contribution is 0.102.